The van der Waals surface area contributed by atoms with Crippen molar-refractivity contribution in [3.8, 4) is 0 Å². The van der Waals surface area contributed by atoms with Crippen molar-refractivity contribution < 1.29 is 14.3 Å². The van der Waals surface area contributed by atoms with Crippen LogP contribution >= 0.6 is 11.3 Å². The number of esters is 1. The molecule has 0 unspecified atom stereocenters. The van der Waals surface area contributed by atoms with Crippen LogP contribution in [0.15, 0.2) is 60.1 Å². The van der Waals surface area contributed by atoms with Gasteiger partial charge in [0, 0.05) is 16.8 Å². The summed E-state index contributed by atoms with van der Waals surface area (Å²) in [4.78, 5) is 32.1. The van der Waals surface area contributed by atoms with E-state index < -0.39 is 0 Å². The van der Waals surface area contributed by atoms with E-state index in [-0.39, 0.29) is 18.0 Å². The van der Waals surface area contributed by atoms with Gasteiger partial charge in [-0.25, -0.2) is 4.79 Å². The molecule has 1 N–H and O–H groups in total. The standard InChI is InChI=1S/C21H19N3O3S/c1-2-27-21(26)14-7-9-15(10-8-14)23-19-18-17(6-3-11-22-18)20(25)24(19)13-16-5-4-12-28-16/h3-12,19,23H,2,13H2,1H3/t19-/m0/s1. The van der Waals surface area contributed by atoms with Crippen LogP contribution in [-0.2, 0) is 11.3 Å². The number of carbonyl (C=O) groups excluding carboxylic acids is 2. The second-order valence-electron chi connectivity index (χ2n) is 6.29. The molecule has 0 aliphatic carbocycles. The summed E-state index contributed by atoms with van der Waals surface area (Å²) in [6.07, 6.45) is 1.32. The third-order valence-electron chi connectivity index (χ3n) is 4.51. The van der Waals surface area contributed by atoms with E-state index in [4.69, 9.17) is 4.74 Å². The molecule has 2 aromatic heterocycles. The van der Waals surface area contributed by atoms with Crippen molar-refractivity contribution >= 4 is 28.9 Å². The Bertz CT molecular complexity index is 986. The van der Waals surface area contributed by atoms with Gasteiger partial charge in [0.1, 0.15) is 6.17 Å². The normalized spacial score (nSPS) is 15.4. The minimum atomic E-state index is -0.376. The van der Waals surface area contributed by atoms with Crippen LogP contribution in [0.5, 0.6) is 0 Å². The average molecular weight is 393 g/mol. The van der Waals surface area contributed by atoms with Crippen molar-refractivity contribution in [2.24, 2.45) is 0 Å². The molecule has 1 amide bonds. The summed E-state index contributed by atoms with van der Waals surface area (Å²) in [7, 11) is 0. The van der Waals surface area contributed by atoms with Gasteiger partial charge in [-0.1, -0.05) is 6.07 Å². The van der Waals surface area contributed by atoms with Gasteiger partial charge < -0.3 is 15.0 Å². The topological polar surface area (TPSA) is 71.5 Å². The van der Waals surface area contributed by atoms with Crippen LogP contribution < -0.4 is 5.32 Å². The molecule has 0 radical (unpaired) electrons. The van der Waals surface area contributed by atoms with Crippen molar-refractivity contribution in [2.75, 3.05) is 11.9 Å². The van der Waals surface area contributed by atoms with Gasteiger partial charge in [0.15, 0.2) is 0 Å². The van der Waals surface area contributed by atoms with Crippen LogP contribution in [0.4, 0.5) is 5.69 Å². The number of amides is 1. The fourth-order valence-electron chi connectivity index (χ4n) is 3.19. The first-order valence-corrected chi connectivity index (χ1v) is 9.87. The number of nitrogens with one attached hydrogen (secondary N) is 1. The molecule has 1 aliphatic heterocycles. The Morgan fingerprint density at radius 3 is 2.75 bits per heavy atom. The van der Waals surface area contributed by atoms with Gasteiger partial charge in [-0.3, -0.25) is 9.78 Å². The highest BCUT2D eigenvalue weighted by atomic mass is 32.1. The number of nitrogens with zero attached hydrogens (tertiary/aromatic N) is 2. The number of hydrogen-bond donors (Lipinski definition) is 1. The van der Waals surface area contributed by atoms with E-state index in [9.17, 15) is 9.59 Å². The Balaban J connectivity index is 1.60. The number of benzene rings is 1. The lowest BCUT2D eigenvalue weighted by Gasteiger charge is -2.26. The van der Waals surface area contributed by atoms with Gasteiger partial charge >= 0.3 is 5.97 Å². The molecule has 1 aliphatic rings. The molecule has 1 aromatic carbocycles. The van der Waals surface area contributed by atoms with E-state index in [1.165, 1.54) is 0 Å². The van der Waals surface area contributed by atoms with Gasteiger partial charge in [0.2, 0.25) is 0 Å². The van der Waals surface area contributed by atoms with Crippen molar-refractivity contribution in [2.45, 2.75) is 19.6 Å². The molecule has 0 saturated carbocycles. The van der Waals surface area contributed by atoms with Gasteiger partial charge in [-0.05, 0) is 54.8 Å². The van der Waals surface area contributed by atoms with Gasteiger partial charge in [0.05, 0.1) is 30.0 Å². The number of carbonyl (C=O) groups is 2. The summed E-state index contributed by atoms with van der Waals surface area (Å²) in [6, 6.07) is 14.6. The van der Waals surface area contributed by atoms with E-state index >= 15 is 0 Å². The Hall–Kier alpha value is -3.19. The van der Waals surface area contributed by atoms with Crippen molar-refractivity contribution in [3.05, 3.63) is 81.8 Å². The number of pyridine rings is 1. The molecule has 0 saturated heterocycles. The first-order chi connectivity index (χ1) is 13.7. The molecule has 28 heavy (non-hydrogen) atoms. The highest BCUT2D eigenvalue weighted by Gasteiger charge is 2.38. The summed E-state index contributed by atoms with van der Waals surface area (Å²) in [5.41, 5.74) is 2.60. The molecule has 1 atom stereocenters. The van der Waals surface area contributed by atoms with Gasteiger partial charge in [0.25, 0.3) is 5.91 Å². The van der Waals surface area contributed by atoms with Gasteiger partial charge in [-0.15, -0.1) is 11.3 Å². The van der Waals surface area contributed by atoms with Crippen LogP contribution in [0.3, 0.4) is 0 Å². The number of thiophene rings is 1. The van der Waals surface area contributed by atoms with E-state index in [1.807, 2.05) is 17.5 Å². The third-order valence-corrected chi connectivity index (χ3v) is 5.37. The highest BCUT2D eigenvalue weighted by molar-refractivity contribution is 7.09. The predicted molar refractivity (Wildman–Crippen MR) is 107 cm³/mol. The summed E-state index contributed by atoms with van der Waals surface area (Å²) < 4.78 is 5.02. The first-order valence-electron chi connectivity index (χ1n) is 8.99. The van der Waals surface area contributed by atoms with Crippen LogP contribution in [0.2, 0.25) is 0 Å². The van der Waals surface area contributed by atoms with E-state index in [0.717, 1.165) is 10.6 Å². The molecule has 4 rings (SSSR count). The fourth-order valence-corrected chi connectivity index (χ4v) is 3.89. The molecule has 142 valence electrons. The minimum absolute atomic E-state index is 0.0443. The SMILES string of the molecule is CCOC(=O)c1ccc(N[C@@H]2c3ncccc3C(=O)N2Cc2cccs2)cc1. The lowest BCUT2D eigenvalue weighted by atomic mass is 10.2. The van der Waals surface area contributed by atoms with Crippen molar-refractivity contribution in [1.82, 2.24) is 9.88 Å². The van der Waals surface area contributed by atoms with Crippen LogP contribution in [0, 0.1) is 0 Å². The van der Waals surface area contributed by atoms with Crippen LogP contribution in [0.1, 0.15) is 44.4 Å². The van der Waals surface area contributed by atoms with E-state index in [0.29, 0.717) is 30.0 Å². The number of rotatable bonds is 6. The Morgan fingerprint density at radius 2 is 2.04 bits per heavy atom. The number of hydrogen-bond acceptors (Lipinski definition) is 6. The van der Waals surface area contributed by atoms with E-state index in [1.54, 1.807) is 65.8 Å². The molecule has 7 heteroatoms. The lowest BCUT2D eigenvalue weighted by molar-refractivity contribution is 0.0526. The second kappa shape index (κ2) is 7.82. The molecule has 3 heterocycles. The Labute approximate surface area is 166 Å². The van der Waals surface area contributed by atoms with Crippen molar-refractivity contribution in [3.63, 3.8) is 0 Å². The Morgan fingerprint density at radius 1 is 1.21 bits per heavy atom. The van der Waals surface area contributed by atoms with Gasteiger partial charge in [-0.2, -0.15) is 0 Å². The first kappa shape index (κ1) is 18.2. The number of anilines is 1. The molecule has 0 bridgehead atoms. The third kappa shape index (κ3) is 3.48. The maximum atomic E-state index is 12.9. The zero-order valence-electron chi connectivity index (χ0n) is 15.3. The zero-order valence-corrected chi connectivity index (χ0v) is 16.1. The number of fused-ring (bicyclic) bond motifs is 1. The molecule has 0 spiro atoms. The summed E-state index contributed by atoms with van der Waals surface area (Å²) >= 11 is 1.62. The average Bonchev–Trinajstić information content (AvgIpc) is 3.32. The van der Waals surface area contributed by atoms with E-state index in [2.05, 4.69) is 10.3 Å². The molecule has 3 aromatic rings. The monoisotopic (exact) mass is 393 g/mol. The lowest BCUT2D eigenvalue weighted by Crippen LogP contribution is -2.31. The zero-order chi connectivity index (χ0) is 19.5. The second-order valence-corrected chi connectivity index (χ2v) is 7.33. The maximum absolute atomic E-state index is 12.9. The predicted octanol–water partition coefficient (Wildman–Crippen LogP) is 4.09. The largest absolute Gasteiger partial charge is 0.462 e. The summed E-state index contributed by atoms with van der Waals surface area (Å²) in [6.45, 7) is 2.62. The van der Waals surface area contributed by atoms with Crippen molar-refractivity contribution in [1.29, 1.82) is 0 Å². The summed E-state index contributed by atoms with van der Waals surface area (Å²) in [5.74, 6) is -0.395. The maximum Gasteiger partial charge on any atom is 0.338 e. The minimum Gasteiger partial charge on any atom is -0.462 e. The number of aromatic nitrogens is 1. The highest BCUT2D eigenvalue weighted by Crippen LogP contribution is 2.34. The quantitative estimate of drug-likeness (QED) is 0.639. The molecule has 6 nitrogen and oxygen atoms in total. The molecular weight excluding hydrogens is 374 g/mol. The van der Waals surface area contributed by atoms with Crippen LogP contribution in [0.25, 0.3) is 0 Å². The molecular formula is C21H19N3O3S. The summed E-state index contributed by atoms with van der Waals surface area (Å²) in [5, 5.41) is 5.38. The molecule has 0 fully saturated rings. The van der Waals surface area contributed by atoms with Crippen LogP contribution in [-0.4, -0.2) is 28.4 Å². The number of ether oxygens (including phenoxy) is 1. The smallest absolute Gasteiger partial charge is 0.338 e. The fraction of sp³-hybridized carbons (Fsp3) is 0.190. The Kier molecular flexibility index (Phi) is 5.08.